The Hall–Kier alpha value is -1.88. The maximum atomic E-state index is 13.6. The van der Waals surface area contributed by atoms with E-state index in [2.05, 4.69) is 15.9 Å². The third kappa shape index (κ3) is 4.04. The van der Waals surface area contributed by atoms with Crippen molar-refractivity contribution in [2.24, 2.45) is 0 Å². The molecule has 21 heavy (non-hydrogen) atoms. The van der Waals surface area contributed by atoms with Crippen LogP contribution in [0.2, 0.25) is 0 Å². The van der Waals surface area contributed by atoms with E-state index in [4.69, 9.17) is 10.5 Å². The van der Waals surface area contributed by atoms with Gasteiger partial charge in [0, 0.05) is 15.7 Å². The second kappa shape index (κ2) is 6.72. The molecule has 0 aliphatic heterocycles. The Morgan fingerprint density at radius 1 is 1.33 bits per heavy atom. The molecule has 0 spiro atoms. The van der Waals surface area contributed by atoms with Crippen LogP contribution in [0.5, 0.6) is 0 Å². The molecule has 1 unspecified atom stereocenters. The van der Waals surface area contributed by atoms with Crippen molar-refractivity contribution < 1.29 is 13.9 Å². The summed E-state index contributed by atoms with van der Waals surface area (Å²) < 4.78 is 19.5. The topological polar surface area (TPSA) is 52.3 Å². The number of carbonyl (C=O) groups excluding carboxylic acids is 1. The van der Waals surface area contributed by atoms with E-state index in [9.17, 15) is 9.18 Å². The quantitative estimate of drug-likeness (QED) is 0.668. The molecule has 0 amide bonds. The number of anilines is 1. The summed E-state index contributed by atoms with van der Waals surface area (Å²) in [6.45, 7) is 1.63. The van der Waals surface area contributed by atoms with Gasteiger partial charge in [-0.3, -0.25) is 4.79 Å². The molecule has 3 nitrogen and oxygen atoms in total. The van der Waals surface area contributed by atoms with Crippen LogP contribution in [-0.4, -0.2) is 5.97 Å². The van der Waals surface area contributed by atoms with E-state index in [-0.39, 0.29) is 6.61 Å². The zero-order valence-electron chi connectivity index (χ0n) is 11.5. The highest BCUT2D eigenvalue weighted by Crippen LogP contribution is 2.21. The summed E-state index contributed by atoms with van der Waals surface area (Å²) in [7, 11) is 0. The monoisotopic (exact) mass is 351 g/mol. The van der Waals surface area contributed by atoms with Gasteiger partial charge in [-0.05, 0) is 42.8 Å². The molecule has 0 fully saturated rings. The van der Waals surface area contributed by atoms with Gasteiger partial charge in [0.2, 0.25) is 0 Å². The predicted molar refractivity (Wildman–Crippen MR) is 83.2 cm³/mol. The summed E-state index contributed by atoms with van der Waals surface area (Å²) in [4.78, 5) is 12.0. The van der Waals surface area contributed by atoms with E-state index < -0.39 is 17.7 Å². The molecule has 2 aromatic carbocycles. The molecule has 0 aliphatic carbocycles. The molecule has 0 bridgehead atoms. The van der Waals surface area contributed by atoms with Crippen LogP contribution in [0.4, 0.5) is 10.1 Å². The van der Waals surface area contributed by atoms with Crippen LogP contribution >= 0.6 is 15.9 Å². The number of nitrogens with two attached hydrogens (primary N) is 1. The summed E-state index contributed by atoms with van der Waals surface area (Å²) in [5.41, 5.74) is 7.38. The summed E-state index contributed by atoms with van der Waals surface area (Å²) >= 11 is 3.26. The minimum Gasteiger partial charge on any atom is -0.460 e. The zero-order chi connectivity index (χ0) is 15.4. The lowest BCUT2D eigenvalue weighted by molar-refractivity contribution is -0.146. The summed E-state index contributed by atoms with van der Waals surface area (Å²) in [5.74, 6) is -1.27. The maximum Gasteiger partial charge on any atom is 0.313 e. The highest BCUT2D eigenvalue weighted by atomic mass is 79.9. The van der Waals surface area contributed by atoms with Crippen LogP contribution in [0.3, 0.4) is 0 Å². The minimum atomic E-state index is -0.455. The second-order valence-corrected chi connectivity index (χ2v) is 5.65. The van der Waals surface area contributed by atoms with Gasteiger partial charge >= 0.3 is 5.97 Å². The molecule has 0 aliphatic rings. The van der Waals surface area contributed by atoms with Gasteiger partial charge in [-0.25, -0.2) is 4.39 Å². The fraction of sp³-hybridized carbons (Fsp3) is 0.188. The van der Waals surface area contributed by atoms with Gasteiger partial charge in [-0.2, -0.15) is 0 Å². The van der Waals surface area contributed by atoms with E-state index >= 15 is 0 Å². The Bertz CT molecular complexity index is 660. The smallest absolute Gasteiger partial charge is 0.313 e. The molecule has 0 heterocycles. The van der Waals surface area contributed by atoms with Gasteiger partial charge in [-0.15, -0.1) is 0 Å². The van der Waals surface area contributed by atoms with Gasteiger partial charge in [0.1, 0.15) is 12.4 Å². The number of rotatable bonds is 4. The van der Waals surface area contributed by atoms with Crippen molar-refractivity contribution in [2.45, 2.75) is 19.4 Å². The molecular weight excluding hydrogens is 337 g/mol. The van der Waals surface area contributed by atoms with Crippen LogP contribution in [-0.2, 0) is 16.1 Å². The van der Waals surface area contributed by atoms with Gasteiger partial charge in [-0.1, -0.05) is 28.1 Å². The molecule has 2 rings (SSSR count). The van der Waals surface area contributed by atoms with Crippen LogP contribution in [0.15, 0.2) is 46.9 Å². The summed E-state index contributed by atoms with van der Waals surface area (Å²) in [6.07, 6.45) is 0. The van der Waals surface area contributed by atoms with Crippen molar-refractivity contribution in [3.63, 3.8) is 0 Å². The molecular formula is C16H15BrFNO2. The Morgan fingerprint density at radius 3 is 2.81 bits per heavy atom. The van der Waals surface area contributed by atoms with Crippen LogP contribution < -0.4 is 5.73 Å². The van der Waals surface area contributed by atoms with Crippen LogP contribution in [0.25, 0.3) is 0 Å². The summed E-state index contributed by atoms with van der Waals surface area (Å²) in [6, 6.07) is 11.6. The number of benzene rings is 2. The van der Waals surface area contributed by atoms with E-state index in [0.717, 1.165) is 10.0 Å². The van der Waals surface area contributed by atoms with E-state index in [1.54, 1.807) is 37.3 Å². The largest absolute Gasteiger partial charge is 0.460 e. The number of hydrogen-bond acceptors (Lipinski definition) is 3. The molecule has 0 radical (unpaired) electrons. The fourth-order valence-corrected chi connectivity index (χ4v) is 2.30. The number of esters is 1. The highest BCUT2D eigenvalue weighted by Gasteiger charge is 2.17. The number of hydrogen-bond donors (Lipinski definition) is 1. The second-order valence-electron chi connectivity index (χ2n) is 4.74. The van der Waals surface area contributed by atoms with Gasteiger partial charge in [0.05, 0.1) is 5.92 Å². The first-order valence-corrected chi connectivity index (χ1v) is 7.22. The lowest BCUT2D eigenvalue weighted by atomic mass is 10.0. The molecule has 0 saturated heterocycles. The molecule has 1 atom stereocenters. The number of halogens is 2. The fourth-order valence-electron chi connectivity index (χ4n) is 1.89. The number of ether oxygens (including phenoxy) is 1. The third-order valence-corrected chi connectivity index (χ3v) is 3.64. The molecule has 5 heteroatoms. The van der Waals surface area contributed by atoms with Crippen molar-refractivity contribution >= 4 is 27.6 Å². The van der Waals surface area contributed by atoms with E-state index in [1.165, 1.54) is 6.07 Å². The zero-order valence-corrected chi connectivity index (χ0v) is 13.1. The average molecular weight is 352 g/mol. The minimum absolute atomic E-state index is 0.100. The van der Waals surface area contributed by atoms with Crippen LogP contribution in [0, 0.1) is 5.82 Å². The normalized spacial score (nSPS) is 12.0. The standard InChI is InChI=1S/C16H15BrFNO2/c1-10(11-3-2-4-14(19)8-11)16(20)21-9-12-7-13(17)5-6-15(12)18/h2-8,10H,9,19H2,1H3. The first kappa shape index (κ1) is 15.5. The maximum absolute atomic E-state index is 13.6. The van der Waals surface area contributed by atoms with Gasteiger partial charge in [0.25, 0.3) is 0 Å². The predicted octanol–water partition coefficient (Wildman–Crippen LogP) is 4.02. The number of carbonyl (C=O) groups is 1. The molecule has 2 aromatic rings. The average Bonchev–Trinajstić information content (AvgIpc) is 2.47. The summed E-state index contributed by atoms with van der Waals surface area (Å²) in [5, 5.41) is 0. The van der Waals surface area contributed by atoms with Gasteiger partial charge in [0.15, 0.2) is 0 Å². The van der Waals surface area contributed by atoms with Crippen molar-refractivity contribution in [1.29, 1.82) is 0 Å². The Labute approximate surface area is 131 Å². The van der Waals surface area contributed by atoms with Crippen LogP contribution in [0.1, 0.15) is 24.0 Å². The van der Waals surface area contributed by atoms with Crippen molar-refractivity contribution in [3.8, 4) is 0 Å². The molecule has 2 N–H and O–H groups in total. The first-order chi connectivity index (χ1) is 9.97. The Balaban J connectivity index is 2.03. The number of nitrogen functional groups attached to an aromatic ring is 1. The van der Waals surface area contributed by atoms with Gasteiger partial charge < -0.3 is 10.5 Å². The molecule has 110 valence electrons. The van der Waals surface area contributed by atoms with E-state index in [1.807, 2.05) is 6.07 Å². The lowest BCUT2D eigenvalue weighted by Gasteiger charge is -2.13. The lowest BCUT2D eigenvalue weighted by Crippen LogP contribution is -2.13. The van der Waals surface area contributed by atoms with Crippen molar-refractivity contribution in [3.05, 3.63) is 63.9 Å². The van der Waals surface area contributed by atoms with Crippen molar-refractivity contribution in [1.82, 2.24) is 0 Å². The van der Waals surface area contributed by atoms with E-state index in [0.29, 0.717) is 11.3 Å². The molecule has 0 saturated carbocycles. The third-order valence-electron chi connectivity index (χ3n) is 3.14. The molecule has 0 aromatic heterocycles. The Kier molecular flexibility index (Phi) is 4.96. The highest BCUT2D eigenvalue weighted by molar-refractivity contribution is 9.10. The Morgan fingerprint density at radius 2 is 2.10 bits per heavy atom. The first-order valence-electron chi connectivity index (χ1n) is 6.43. The van der Waals surface area contributed by atoms with Crippen molar-refractivity contribution in [2.75, 3.05) is 5.73 Å². The SMILES string of the molecule is CC(C(=O)OCc1cc(Br)ccc1F)c1cccc(N)c1.